The first-order valence-electron chi connectivity index (χ1n) is 2.60. The second kappa shape index (κ2) is 3.30. The highest BCUT2D eigenvalue weighted by atomic mass is 79.9. The van der Waals surface area contributed by atoms with Gasteiger partial charge in [-0.1, -0.05) is 0 Å². The van der Waals surface area contributed by atoms with E-state index in [0.29, 0.717) is 10.2 Å². The predicted octanol–water partition coefficient (Wildman–Crippen LogP) is 2.72. The third kappa shape index (κ3) is 1.67. The van der Waals surface area contributed by atoms with Crippen LogP contribution in [0.15, 0.2) is 16.9 Å². The van der Waals surface area contributed by atoms with Crippen LogP contribution in [0.5, 0.6) is 0 Å². The molecule has 1 rings (SSSR count). The maximum absolute atomic E-state index is 12.4. The van der Waals surface area contributed by atoms with Gasteiger partial charge in [-0.05, 0) is 22.0 Å². The average Bonchev–Trinajstić information content (AvgIpc) is 1.94. The smallest absolute Gasteiger partial charge is 0.141 e. The number of alkyl halides is 1. The molecule has 4 heteroatoms. The van der Waals surface area contributed by atoms with E-state index >= 15 is 0 Å². The lowest BCUT2D eigenvalue weighted by Crippen LogP contribution is -1.86. The van der Waals surface area contributed by atoms with E-state index in [2.05, 4.69) is 20.9 Å². The molecule has 0 unspecified atom stereocenters. The zero-order chi connectivity index (χ0) is 7.56. The van der Waals surface area contributed by atoms with Crippen LogP contribution in [-0.2, 0) is 5.88 Å². The third-order valence-corrected chi connectivity index (χ3v) is 2.02. The van der Waals surface area contributed by atoms with Gasteiger partial charge in [0.25, 0.3) is 0 Å². The van der Waals surface area contributed by atoms with Crippen molar-refractivity contribution in [3.63, 3.8) is 0 Å². The van der Waals surface area contributed by atoms with Gasteiger partial charge >= 0.3 is 0 Å². The van der Waals surface area contributed by atoms with Crippen LogP contribution in [0.25, 0.3) is 0 Å². The molecule has 0 aliphatic heterocycles. The molecule has 0 N–H and O–H groups in total. The Kier molecular flexibility index (Phi) is 2.63. The number of aromatic nitrogens is 1. The highest BCUT2D eigenvalue weighted by Crippen LogP contribution is 2.15. The Hall–Kier alpha value is -0.150. The molecule has 1 aromatic rings. The van der Waals surface area contributed by atoms with Crippen LogP contribution in [-0.4, -0.2) is 4.98 Å². The van der Waals surface area contributed by atoms with Gasteiger partial charge in [0.05, 0.1) is 12.1 Å². The number of halogens is 3. The van der Waals surface area contributed by atoms with Crippen molar-refractivity contribution >= 4 is 27.5 Å². The largest absolute Gasteiger partial charge is 0.246 e. The Morgan fingerprint density at radius 2 is 2.40 bits per heavy atom. The first-order chi connectivity index (χ1) is 4.74. The van der Waals surface area contributed by atoms with Crippen LogP contribution in [0.2, 0.25) is 0 Å². The molecule has 54 valence electrons. The van der Waals surface area contributed by atoms with Gasteiger partial charge in [-0.25, -0.2) is 9.37 Å². The maximum atomic E-state index is 12.4. The van der Waals surface area contributed by atoms with Gasteiger partial charge in [0, 0.05) is 5.56 Å². The Bertz CT molecular complexity index is 241. The Balaban J connectivity index is 3.09. The van der Waals surface area contributed by atoms with Crippen molar-refractivity contribution in [3.8, 4) is 0 Å². The van der Waals surface area contributed by atoms with Crippen molar-refractivity contribution in [1.82, 2.24) is 4.98 Å². The van der Waals surface area contributed by atoms with E-state index in [1.54, 1.807) is 0 Å². The summed E-state index contributed by atoms with van der Waals surface area (Å²) in [6.45, 7) is 0. The summed E-state index contributed by atoms with van der Waals surface area (Å²) >= 11 is 8.60. The maximum Gasteiger partial charge on any atom is 0.141 e. The molecule has 0 amide bonds. The first kappa shape index (κ1) is 7.95. The number of nitrogens with zero attached hydrogens (tertiary/aromatic N) is 1. The zero-order valence-corrected chi connectivity index (χ0v) is 7.28. The number of hydrogen-bond donors (Lipinski definition) is 0. The van der Waals surface area contributed by atoms with Crippen LogP contribution in [0.4, 0.5) is 4.39 Å². The Morgan fingerprint density at radius 3 is 2.90 bits per heavy atom. The molecule has 0 bridgehead atoms. The third-order valence-electron chi connectivity index (χ3n) is 1.02. The summed E-state index contributed by atoms with van der Waals surface area (Å²) < 4.78 is 13.0. The highest BCUT2D eigenvalue weighted by Gasteiger charge is 1.99. The lowest BCUT2D eigenvalue weighted by molar-refractivity contribution is 0.618. The Labute approximate surface area is 71.4 Å². The van der Waals surface area contributed by atoms with Gasteiger partial charge in [0.2, 0.25) is 0 Å². The molecule has 0 fully saturated rings. The monoisotopic (exact) mass is 223 g/mol. The van der Waals surface area contributed by atoms with Crippen LogP contribution < -0.4 is 0 Å². The minimum absolute atomic E-state index is 0.269. The van der Waals surface area contributed by atoms with E-state index in [-0.39, 0.29) is 11.7 Å². The highest BCUT2D eigenvalue weighted by molar-refractivity contribution is 9.10. The van der Waals surface area contributed by atoms with Crippen molar-refractivity contribution in [3.05, 3.63) is 28.2 Å². The summed E-state index contributed by atoms with van der Waals surface area (Å²) in [6.07, 6.45) is 1.14. The van der Waals surface area contributed by atoms with Gasteiger partial charge in [-0.15, -0.1) is 11.6 Å². The Morgan fingerprint density at radius 1 is 1.70 bits per heavy atom. The van der Waals surface area contributed by atoms with E-state index in [1.807, 2.05) is 0 Å². The number of pyridine rings is 1. The lowest BCUT2D eigenvalue weighted by atomic mass is 10.3. The molecule has 10 heavy (non-hydrogen) atoms. The summed E-state index contributed by atoms with van der Waals surface area (Å²) in [4.78, 5) is 3.71. The fraction of sp³-hybridized carbons (Fsp3) is 0.167. The molecule has 0 aliphatic rings. The van der Waals surface area contributed by atoms with E-state index in [1.165, 1.54) is 6.07 Å². The lowest BCUT2D eigenvalue weighted by Gasteiger charge is -1.96. The van der Waals surface area contributed by atoms with E-state index in [0.717, 1.165) is 6.20 Å². The zero-order valence-electron chi connectivity index (χ0n) is 4.94. The molecule has 0 aromatic carbocycles. The molecule has 0 atom stereocenters. The fourth-order valence-corrected chi connectivity index (χ4v) is 1.28. The minimum Gasteiger partial charge on any atom is -0.246 e. The van der Waals surface area contributed by atoms with Gasteiger partial charge in [-0.3, -0.25) is 0 Å². The van der Waals surface area contributed by atoms with E-state index in [9.17, 15) is 4.39 Å². The second-order valence-electron chi connectivity index (χ2n) is 1.74. The topological polar surface area (TPSA) is 12.9 Å². The minimum atomic E-state index is -0.362. The molecular formula is C6H4BrClFN. The van der Waals surface area contributed by atoms with Crippen molar-refractivity contribution in [2.45, 2.75) is 5.88 Å². The van der Waals surface area contributed by atoms with Crippen LogP contribution in [0.1, 0.15) is 5.56 Å². The number of hydrogen-bond acceptors (Lipinski definition) is 1. The quantitative estimate of drug-likeness (QED) is 0.528. The summed E-state index contributed by atoms with van der Waals surface area (Å²) in [7, 11) is 0. The van der Waals surface area contributed by atoms with Crippen LogP contribution in [0, 0.1) is 5.82 Å². The fourth-order valence-electron chi connectivity index (χ4n) is 0.558. The molecule has 0 saturated carbocycles. The summed E-state index contributed by atoms with van der Waals surface area (Å²) in [5.74, 6) is -0.0930. The molecule has 0 aliphatic carbocycles. The molecule has 0 saturated heterocycles. The predicted molar refractivity (Wildman–Crippen MR) is 41.5 cm³/mol. The molecule has 0 spiro atoms. The molecule has 1 nitrogen and oxygen atoms in total. The van der Waals surface area contributed by atoms with Crippen molar-refractivity contribution in [2.75, 3.05) is 0 Å². The molecular weight excluding hydrogens is 220 g/mol. The van der Waals surface area contributed by atoms with Crippen LogP contribution >= 0.6 is 27.5 Å². The van der Waals surface area contributed by atoms with E-state index in [4.69, 9.17) is 11.6 Å². The van der Waals surface area contributed by atoms with Gasteiger partial charge < -0.3 is 0 Å². The van der Waals surface area contributed by atoms with Crippen molar-refractivity contribution < 1.29 is 4.39 Å². The van der Waals surface area contributed by atoms with Crippen LogP contribution in [0.3, 0.4) is 0 Å². The van der Waals surface area contributed by atoms with Gasteiger partial charge in [-0.2, -0.15) is 0 Å². The normalized spacial score (nSPS) is 9.90. The molecule has 0 radical (unpaired) electrons. The second-order valence-corrected chi connectivity index (χ2v) is 2.76. The van der Waals surface area contributed by atoms with Gasteiger partial charge in [0.1, 0.15) is 10.4 Å². The summed E-state index contributed by atoms with van der Waals surface area (Å²) in [5.41, 5.74) is 0.668. The average molecular weight is 224 g/mol. The summed E-state index contributed by atoms with van der Waals surface area (Å²) in [6, 6.07) is 1.35. The number of rotatable bonds is 1. The SMILES string of the molecule is Fc1cnc(Br)c(CCl)c1. The van der Waals surface area contributed by atoms with Crippen molar-refractivity contribution in [2.24, 2.45) is 0 Å². The van der Waals surface area contributed by atoms with E-state index < -0.39 is 0 Å². The summed E-state index contributed by atoms with van der Waals surface area (Å²) in [5, 5.41) is 0. The van der Waals surface area contributed by atoms with Crippen molar-refractivity contribution in [1.29, 1.82) is 0 Å². The first-order valence-corrected chi connectivity index (χ1v) is 3.92. The molecule has 1 heterocycles. The molecule has 1 aromatic heterocycles. The van der Waals surface area contributed by atoms with Gasteiger partial charge in [0.15, 0.2) is 0 Å². The standard InChI is InChI=1S/C6H4BrClFN/c7-6-4(2-8)1-5(9)3-10-6/h1,3H,2H2.